The predicted molar refractivity (Wildman–Crippen MR) is 92.6 cm³/mol. The zero-order valence-electron chi connectivity index (χ0n) is 14.1. The zero-order valence-corrected chi connectivity index (χ0v) is 14.9. The lowest BCUT2D eigenvalue weighted by atomic mass is 9.99. The molecule has 140 valence electrons. The average Bonchev–Trinajstić information content (AvgIpc) is 2.97. The lowest BCUT2D eigenvalue weighted by Gasteiger charge is -2.36. The molecule has 2 fully saturated rings. The van der Waals surface area contributed by atoms with E-state index in [0.717, 1.165) is 32.4 Å². The Bertz CT molecular complexity index is 648. The third kappa shape index (κ3) is 4.21. The van der Waals surface area contributed by atoms with Crippen LogP contribution >= 0.6 is 0 Å². The first-order valence-electron chi connectivity index (χ1n) is 8.76. The van der Waals surface area contributed by atoms with Crippen molar-refractivity contribution in [3.8, 4) is 0 Å². The Morgan fingerprint density at radius 2 is 1.80 bits per heavy atom. The van der Waals surface area contributed by atoms with Crippen molar-refractivity contribution in [2.45, 2.75) is 48.5 Å². The molecular formula is C17H26N2O5S. The van der Waals surface area contributed by atoms with Gasteiger partial charge in [0.05, 0.1) is 23.6 Å². The number of aliphatic hydroxyl groups excluding tert-OH is 2. The number of nitrogens with zero attached hydrogens (tertiary/aromatic N) is 1. The second-order valence-corrected chi connectivity index (χ2v) is 8.41. The van der Waals surface area contributed by atoms with Gasteiger partial charge in [-0.3, -0.25) is 4.90 Å². The first-order chi connectivity index (χ1) is 12.0. The number of hydrogen-bond donors (Lipinski definition) is 3. The standard InChI is InChI=1S/C17H26N2O5S/c20-12-15-17(21)16(19-9-5-2-6-10-19)14(24-15)11-18-25(22,23)13-7-3-1-4-8-13/h1,3-4,7-8,14-18,20-21H,2,5-6,9-12H2/t14-,15-,16-,17+/m0/s1. The number of sulfonamides is 1. The molecule has 25 heavy (non-hydrogen) atoms. The molecule has 0 saturated carbocycles. The van der Waals surface area contributed by atoms with Gasteiger partial charge in [-0.25, -0.2) is 13.1 Å². The van der Waals surface area contributed by atoms with Crippen LogP contribution in [0.2, 0.25) is 0 Å². The van der Waals surface area contributed by atoms with Crippen molar-refractivity contribution < 1.29 is 23.4 Å². The fourth-order valence-electron chi connectivity index (χ4n) is 3.69. The van der Waals surface area contributed by atoms with Crippen molar-refractivity contribution in [3.63, 3.8) is 0 Å². The van der Waals surface area contributed by atoms with E-state index in [1.54, 1.807) is 18.2 Å². The molecule has 8 heteroatoms. The number of likely N-dealkylation sites (tertiary alicyclic amines) is 1. The molecule has 3 N–H and O–H groups in total. The van der Waals surface area contributed by atoms with Crippen LogP contribution in [0.1, 0.15) is 19.3 Å². The summed E-state index contributed by atoms with van der Waals surface area (Å²) in [6, 6.07) is 7.85. The summed E-state index contributed by atoms with van der Waals surface area (Å²) in [5.74, 6) is 0. The van der Waals surface area contributed by atoms with Crippen LogP contribution in [-0.2, 0) is 14.8 Å². The number of aliphatic hydroxyl groups is 2. The van der Waals surface area contributed by atoms with Crippen molar-refractivity contribution in [1.82, 2.24) is 9.62 Å². The summed E-state index contributed by atoms with van der Waals surface area (Å²) in [7, 11) is -3.64. The van der Waals surface area contributed by atoms with Gasteiger partial charge in [0.25, 0.3) is 0 Å². The lowest BCUT2D eigenvalue weighted by Crippen LogP contribution is -2.52. The average molecular weight is 370 g/mol. The molecule has 0 aliphatic carbocycles. The third-order valence-electron chi connectivity index (χ3n) is 4.98. The second kappa shape index (κ2) is 8.11. The Hall–Kier alpha value is -1.03. The van der Waals surface area contributed by atoms with Gasteiger partial charge in [-0.1, -0.05) is 24.6 Å². The molecule has 0 spiro atoms. The van der Waals surface area contributed by atoms with E-state index < -0.39 is 28.3 Å². The van der Waals surface area contributed by atoms with Crippen LogP contribution in [0.5, 0.6) is 0 Å². The Morgan fingerprint density at radius 3 is 2.44 bits per heavy atom. The highest BCUT2D eigenvalue weighted by Crippen LogP contribution is 2.28. The van der Waals surface area contributed by atoms with E-state index in [9.17, 15) is 18.6 Å². The highest BCUT2D eigenvalue weighted by atomic mass is 32.2. The van der Waals surface area contributed by atoms with Crippen LogP contribution < -0.4 is 4.72 Å². The zero-order chi connectivity index (χ0) is 17.9. The van der Waals surface area contributed by atoms with Crippen LogP contribution in [0.4, 0.5) is 0 Å². The summed E-state index contributed by atoms with van der Waals surface area (Å²) in [5.41, 5.74) is 0. The number of piperidine rings is 1. The molecule has 2 heterocycles. The summed E-state index contributed by atoms with van der Waals surface area (Å²) < 4.78 is 33.2. The fraction of sp³-hybridized carbons (Fsp3) is 0.647. The number of ether oxygens (including phenoxy) is 1. The maximum Gasteiger partial charge on any atom is 0.240 e. The maximum absolute atomic E-state index is 12.4. The Kier molecular flexibility index (Phi) is 6.08. The SMILES string of the molecule is O=S(=O)(NC[C@@H]1O[C@@H](CO)[C@@H](O)[C@H]1N1CCCCC1)c1ccccc1. The summed E-state index contributed by atoms with van der Waals surface area (Å²) >= 11 is 0. The number of benzene rings is 1. The van der Waals surface area contributed by atoms with Crippen molar-refractivity contribution in [2.24, 2.45) is 0 Å². The highest BCUT2D eigenvalue weighted by molar-refractivity contribution is 7.89. The summed E-state index contributed by atoms with van der Waals surface area (Å²) in [4.78, 5) is 2.35. The maximum atomic E-state index is 12.4. The minimum atomic E-state index is -3.64. The molecule has 0 bridgehead atoms. The number of hydrogen-bond acceptors (Lipinski definition) is 6. The molecule has 0 amide bonds. The van der Waals surface area contributed by atoms with E-state index in [-0.39, 0.29) is 24.1 Å². The van der Waals surface area contributed by atoms with Gasteiger partial charge in [0.15, 0.2) is 0 Å². The molecule has 0 radical (unpaired) electrons. The van der Waals surface area contributed by atoms with Crippen molar-refractivity contribution in [1.29, 1.82) is 0 Å². The summed E-state index contributed by atoms with van der Waals surface area (Å²) in [5, 5.41) is 19.9. The minimum Gasteiger partial charge on any atom is -0.394 e. The van der Waals surface area contributed by atoms with Gasteiger partial charge in [0, 0.05) is 6.54 Å². The normalized spacial score (nSPS) is 31.3. The highest BCUT2D eigenvalue weighted by Gasteiger charge is 2.46. The topological polar surface area (TPSA) is 99.1 Å². The summed E-state index contributed by atoms with van der Waals surface area (Å²) in [6.07, 6.45) is 1.26. The Labute approximate surface area is 148 Å². The molecule has 1 aromatic rings. The van der Waals surface area contributed by atoms with E-state index in [1.165, 1.54) is 12.1 Å². The lowest BCUT2D eigenvalue weighted by molar-refractivity contribution is -0.0201. The van der Waals surface area contributed by atoms with Gasteiger partial charge in [-0.15, -0.1) is 0 Å². The predicted octanol–water partition coefficient (Wildman–Crippen LogP) is -0.0600. The monoisotopic (exact) mass is 370 g/mol. The van der Waals surface area contributed by atoms with Crippen LogP contribution in [0.25, 0.3) is 0 Å². The van der Waals surface area contributed by atoms with Crippen LogP contribution in [0.3, 0.4) is 0 Å². The minimum absolute atomic E-state index is 0.0615. The molecule has 0 aromatic heterocycles. The van der Waals surface area contributed by atoms with E-state index in [0.29, 0.717) is 0 Å². The molecule has 4 atom stereocenters. The number of rotatable bonds is 6. The number of nitrogens with one attached hydrogen (secondary N) is 1. The Morgan fingerprint density at radius 1 is 1.12 bits per heavy atom. The van der Waals surface area contributed by atoms with Gasteiger partial charge < -0.3 is 14.9 Å². The van der Waals surface area contributed by atoms with E-state index >= 15 is 0 Å². The van der Waals surface area contributed by atoms with Gasteiger partial charge in [-0.2, -0.15) is 0 Å². The van der Waals surface area contributed by atoms with E-state index in [2.05, 4.69) is 9.62 Å². The molecule has 3 rings (SSSR count). The molecule has 2 aliphatic heterocycles. The molecule has 1 aromatic carbocycles. The second-order valence-electron chi connectivity index (χ2n) is 6.64. The van der Waals surface area contributed by atoms with Crippen LogP contribution in [0.15, 0.2) is 35.2 Å². The van der Waals surface area contributed by atoms with Crippen molar-refractivity contribution in [2.75, 3.05) is 26.2 Å². The van der Waals surface area contributed by atoms with E-state index in [4.69, 9.17) is 4.74 Å². The molecular weight excluding hydrogens is 344 g/mol. The molecule has 7 nitrogen and oxygen atoms in total. The van der Waals surface area contributed by atoms with E-state index in [1.807, 2.05) is 0 Å². The quantitative estimate of drug-likeness (QED) is 0.649. The largest absolute Gasteiger partial charge is 0.394 e. The van der Waals surface area contributed by atoms with Crippen LogP contribution in [-0.4, -0.2) is 74.1 Å². The first kappa shape index (κ1) is 18.8. The van der Waals surface area contributed by atoms with Gasteiger partial charge in [-0.05, 0) is 38.1 Å². The Balaban J connectivity index is 1.70. The van der Waals surface area contributed by atoms with Gasteiger partial charge >= 0.3 is 0 Å². The van der Waals surface area contributed by atoms with Crippen molar-refractivity contribution >= 4 is 10.0 Å². The summed E-state index contributed by atoms with van der Waals surface area (Å²) in [6.45, 7) is 1.48. The van der Waals surface area contributed by atoms with Gasteiger partial charge in [0.2, 0.25) is 10.0 Å². The smallest absolute Gasteiger partial charge is 0.240 e. The van der Waals surface area contributed by atoms with Crippen LogP contribution in [0, 0.1) is 0 Å². The fourth-order valence-corrected chi connectivity index (χ4v) is 4.75. The molecule has 2 aliphatic rings. The van der Waals surface area contributed by atoms with Gasteiger partial charge in [0.1, 0.15) is 12.2 Å². The molecule has 0 unspecified atom stereocenters. The first-order valence-corrected chi connectivity index (χ1v) is 10.2. The third-order valence-corrected chi connectivity index (χ3v) is 6.42. The van der Waals surface area contributed by atoms with Crippen molar-refractivity contribution in [3.05, 3.63) is 30.3 Å². The molecule has 2 saturated heterocycles.